The summed E-state index contributed by atoms with van der Waals surface area (Å²) < 4.78 is 4.88. The molecule has 0 spiro atoms. The molecule has 0 aliphatic heterocycles. The van der Waals surface area contributed by atoms with E-state index in [-0.39, 0.29) is 0 Å². The second kappa shape index (κ2) is 9.43. The van der Waals surface area contributed by atoms with Gasteiger partial charge in [0.2, 0.25) is 0 Å². The molecule has 4 nitrogen and oxygen atoms in total. The molecule has 4 heteroatoms. The largest absolute Gasteiger partial charge is 0.308 e. The van der Waals surface area contributed by atoms with E-state index in [0.29, 0.717) is 5.82 Å². The lowest BCUT2D eigenvalue weighted by atomic mass is 9.99. The summed E-state index contributed by atoms with van der Waals surface area (Å²) in [5.74, 6) is 1.60. The topological polar surface area (TPSA) is 35.1 Å². The quantitative estimate of drug-likeness (QED) is 0.190. The highest BCUT2D eigenvalue weighted by molar-refractivity contribution is 6.38. The smallest absolute Gasteiger partial charge is 0.162 e. The van der Waals surface area contributed by atoms with Crippen LogP contribution >= 0.6 is 0 Å². The van der Waals surface area contributed by atoms with Crippen molar-refractivity contribution in [3.63, 3.8) is 0 Å². The van der Waals surface area contributed by atoms with Crippen molar-refractivity contribution in [1.29, 1.82) is 0 Å². The van der Waals surface area contributed by atoms with Crippen molar-refractivity contribution in [2.24, 2.45) is 0 Å². The van der Waals surface area contributed by atoms with Crippen LogP contribution < -0.4 is 0 Å². The van der Waals surface area contributed by atoms with E-state index in [1.54, 1.807) is 0 Å². The minimum Gasteiger partial charge on any atom is -0.308 e. The third-order valence-corrected chi connectivity index (χ3v) is 10.8. The lowest BCUT2D eigenvalue weighted by Gasteiger charge is -2.13. The van der Waals surface area contributed by atoms with E-state index in [1.165, 1.54) is 70.4 Å². The van der Waals surface area contributed by atoms with Crippen molar-refractivity contribution >= 4 is 92.3 Å². The summed E-state index contributed by atoms with van der Waals surface area (Å²) >= 11 is 0. The Morgan fingerprint density at radius 2 is 1.04 bits per heavy atom. The molecule has 0 N–H and O–H groups in total. The van der Waals surface area contributed by atoms with Gasteiger partial charge in [0.25, 0.3) is 0 Å². The van der Waals surface area contributed by atoms with Crippen molar-refractivity contribution < 1.29 is 0 Å². The van der Waals surface area contributed by atoms with Crippen molar-refractivity contribution in [3.05, 3.63) is 158 Å². The molecular weight excluding hydrogens is 609 g/mol. The molecule has 0 saturated heterocycles. The number of fused-ring (bicyclic) bond motifs is 14. The third-order valence-electron chi connectivity index (χ3n) is 10.8. The minimum atomic E-state index is 0.716. The zero-order chi connectivity index (χ0) is 32.5. The third kappa shape index (κ3) is 3.30. The van der Waals surface area contributed by atoms with E-state index in [0.717, 1.165) is 33.3 Å². The average Bonchev–Trinajstić information content (AvgIpc) is 3.82. The molecule has 50 heavy (non-hydrogen) atoms. The SMILES string of the molecule is c1ccc2cc(-c3nc(-n4c5ccc6ccccc6c5c5c6c7ccccc7n7c8ccccc8c(cc54)c67)c4ccccc4n3)ccc2c1. The maximum Gasteiger partial charge on any atom is 0.162 e. The Hall–Kier alpha value is -6.78. The van der Waals surface area contributed by atoms with Crippen molar-refractivity contribution in [2.75, 3.05) is 0 Å². The molecule has 0 bridgehead atoms. The summed E-state index contributed by atoms with van der Waals surface area (Å²) in [4.78, 5) is 10.6. The first-order valence-electron chi connectivity index (χ1n) is 17.1. The Kier molecular flexibility index (Phi) is 4.94. The summed E-state index contributed by atoms with van der Waals surface area (Å²) in [6, 6.07) is 56.8. The highest BCUT2D eigenvalue weighted by atomic mass is 15.1. The fourth-order valence-corrected chi connectivity index (χ4v) is 8.69. The maximum atomic E-state index is 5.49. The van der Waals surface area contributed by atoms with E-state index in [1.807, 2.05) is 0 Å². The number of benzene rings is 8. The van der Waals surface area contributed by atoms with Crippen LogP contribution in [0, 0.1) is 0 Å². The summed E-state index contributed by atoms with van der Waals surface area (Å²) in [6.07, 6.45) is 0. The van der Waals surface area contributed by atoms with Gasteiger partial charge in [-0.1, -0.05) is 115 Å². The molecule has 230 valence electrons. The molecule has 12 rings (SSSR count). The second-order valence-electron chi connectivity index (χ2n) is 13.4. The van der Waals surface area contributed by atoms with Gasteiger partial charge in [-0.05, 0) is 64.0 Å². The number of aromatic nitrogens is 4. The van der Waals surface area contributed by atoms with Gasteiger partial charge in [0, 0.05) is 43.3 Å². The summed E-state index contributed by atoms with van der Waals surface area (Å²) in [6.45, 7) is 0. The number of hydrogen-bond acceptors (Lipinski definition) is 2. The Bertz CT molecular complexity index is 3380. The van der Waals surface area contributed by atoms with Crippen LogP contribution in [0.2, 0.25) is 0 Å². The van der Waals surface area contributed by atoms with E-state index in [4.69, 9.17) is 9.97 Å². The van der Waals surface area contributed by atoms with Gasteiger partial charge < -0.3 is 4.40 Å². The summed E-state index contributed by atoms with van der Waals surface area (Å²) in [5.41, 5.74) is 7.93. The average molecular weight is 635 g/mol. The predicted octanol–water partition coefficient (Wildman–Crippen LogP) is 11.9. The predicted molar refractivity (Wildman–Crippen MR) is 209 cm³/mol. The molecule has 4 aromatic heterocycles. The highest BCUT2D eigenvalue weighted by Gasteiger charge is 2.26. The van der Waals surface area contributed by atoms with Gasteiger partial charge in [0.1, 0.15) is 5.82 Å². The molecule has 0 saturated carbocycles. The molecule has 8 aromatic carbocycles. The van der Waals surface area contributed by atoms with Crippen LogP contribution in [0.4, 0.5) is 0 Å². The van der Waals surface area contributed by atoms with Crippen LogP contribution in [0.15, 0.2) is 158 Å². The van der Waals surface area contributed by atoms with Crippen LogP contribution in [0.3, 0.4) is 0 Å². The first kappa shape index (κ1) is 26.2. The highest BCUT2D eigenvalue weighted by Crippen LogP contribution is 2.48. The summed E-state index contributed by atoms with van der Waals surface area (Å²) in [7, 11) is 0. The Balaban J connectivity index is 1.33. The first-order chi connectivity index (χ1) is 24.8. The van der Waals surface area contributed by atoms with Gasteiger partial charge in [-0.15, -0.1) is 0 Å². The molecule has 0 atom stereocenters. The van der Waals surface area contributed by atoms with Crippen LogP contribution in [-0.2, 0) is 0 Å². The standard InChI is InChI=1S/C46H26N4/c1-2-13-29-25-30(22-21-27(29)11-1)45-47-36-18-8-5-16-33(36)46(48-45)50-39-24-23-28-12-3-4-14-31(28)41(39)43-40(50)26-35-32-15-6-9-19-37(32)49-38-20-10-7-17-34(38)42(43)44(35)49/h1-26H. The van der Waals surface area contributed by atoms with E-state index in [2.05, 4.69) is 167 Å². The van der Waals surface area contributed by atoms with Crippen molar-refractivity contribution in [2.45, 2.75) is 0 Å². The Labute approximate surface area is 285 Å². The molecule has 4 heterocycles. The minimum absolute atomic E-state index is 0.716. The van der Waals surface area contributed by atoms with Gasteiger partial charge in [-0.2, -0.15) is 0 Å². The van der Waals surface area contributed by atoms with Gasteiger partial charge in [-0.25, -0.2) is 9.97 Å². The van der Waals surface area contributed by atoms with Crippen molar-refractivity contribution in [3.8, 4) is 17.2 Å². The molecule has 0 unspecified atom stereocenters. The number of hydrogen-bond donors (Lipinski definition) is 0. The summed E-state index contributed by atoms with van der Waals surface area (Å²) in [5, 5.41) is 13.4. The number of nitrogens with zero attached hydrogens (tertiary/aromatic N) is 4. The maximum absolute atomic E-state index is 5.49. The van der Waals surface area contributed by atoms with Crippen LogP contribution in [0.25, 0.3) is 110 Å². The number of rotatable bonds is 2. The second-order valence-corrected chi connectivity index (χ2v) is 13.4. The first-order valence-corrected chi connectivity index (χ1v) is 17.1. The van der Waals surface area contributed by atoms with Gasteiger partial charge >= 0.3 is 0 Å². The molecule has 0 amide bonds. The molecule has 0 radical (unpaired) electrons. The number of para-hydroxylation sites is 3. The zero-order valence-electron chi connectivity index (χ0n) is 26.8. The van der Waals surface area contributed by atoms with Crippen molar-refractivity contribution in [1.82, 2.24) is 18.9 Å². The van der Waals surface area contributed by atoms with Gasteiger partial charge in [-0.3, -0.25) is 4.57 Å². The Morgan fingerprint density at radius 3 is 1.90 bits per heavy atom. The normalized spacial score (nSPS) is 12.4. The lowest BCUT2D eigenvalue weighted by Crippen LogP contribution is -2.02. The molecular formula is C46H26N4. The van der Waals surface area contributed by atoms with Crippen LogP contribution in [0.1, 0.15) is 0 Å². The van der Waals surface area contributed by atoms with Gasteiger partial charge in [0.05, 0.1) is 33.1 Å². The fourth-order valence-electron chi connectivity index (χ4n) is 8.69. The molecule has 12 aromatic rings. The van der Waals surface area contributed by atoms with E-state index >= 15 is 0 Å². The monoisotopic (exact) mass is 634 g/mol. The van der Waals surface area contributed by atoms with Crippen LogP contribution in [0.5, 0.6) is 0 Å². The van der Waals surface area contributed by atoms with E-state index < -0.39 is 0 Å². The van der Waals surface area contributed by atoms with Gasteiger partial charge in [0.15, 0.2) is 5.82 Å². The molecule has 0 aliphatic carbocycles. The fraction of sp³-hybridized carbons (Fsp3) is 0. The molecule has 0 aliphatic rings. The molecule has 0 fully saturated rings. The lowest BCUT2D eigenvalue weighted by molar-refractivity contribution is 1.08. The zero-order valence-corrected chi connectivity index (χ0v) is 26.8. The van der Waals surface area contributed by atoms with Crippen LogP contribution in [-0.4, -0.2) is 18.9 Å². The Morgan fingerprint density at radius 1 is 0.380 bits per heavy atom. The van der Waals surface area contributed by atoms with E-state index in [9.17, 15) is 0 Å².